The van der Waals surface area contributed by atoms with E-state index in [2.05, 4.69) is 39.2 Å². The highest BCUT2D eigenvalue weighted by Gasteiger charge is 2.46. The lowest BCUT2D eigenvalue weighted by Gasteiger charge is -2.32. The first-order chi connectivity index (χ1) is 18.0. The molecule has 7 nitrogen and oxygen atoms in total. The number of aromatic nitrogens is 3. The van der Waals surface area contributed by atoms with Gasteiger partial charge in [0.1, 0.15) is 17.2 Å². The van der Waals surface area contributed by atoms with Crippen LogP contribution in [0.2, 0.25) is 0 Å². The van der Waals surface area contributed by atoms with E-state index in [0.717, 1.165) is 93.3 Å². The Morgan fingerprint density at radius 1 is 1.11 bits per heavy atom. The monoisotopic (exact) mass is 501 g/mol. The number of nitrogens with one attached hydrogen (secondary N) is 2. The summed E-state index contributed by atoms with van der Waals surface area (Å²) in [6, 6.07) is 12.2. The molecule has 2 fully saturated rings. The number of aromatic amines is 1. The summed E-state index contributed by atoms with van der Waals surface area (Å²) in [5, 5.41) is 3.90. The number of rotatable bonds is 8. The average Bonchev–Trinajstić information content (AvgIpc) is 3.48. The van der Waals surface area contributed by atoms with Crippen LogP contribution < -0.4 is 10.2 Å². The maximum absolute atomic E-state index is 13.4. The third-order valence-electron chi connectivity index (χ3n) is 8.02. The van der Waals surface area contributed by atoms with Crippen molar-refractivity contribution in [3.63, 3.8) is 0 Å². The SMILES string of the molecule is CCCCC(=O)Nc1nc(N2CCCCCC(C(=O)Cc3ccccc3)CC3(CC3)C2)c2cc[nH]c2n1. The third-order valence-corrected chi connectivity index (χ3v) is 8.02. The summed E-state index contributed by atoms with van der Waals surface area (Å²) < 4.78 is 0. The fourth-order valence-corrected chi connectivity index (χ4v) is 5.73. The maximum atomic E-state index is 13.4. The van der Waals surface area contributed by atoms with Gasteiger partial charge in [-0.15, -0.1) is 0 Å². The Morgan fingerprint density at radius 3 is 2.73 bits per heavy atom. The Balaban J connectivity index is 1.36. The molecule has 37 heavy (non-hydrogen) atoms. The molecule has 0 bridgehead atoms. The molecule has 1 aliphatic heterocycles. The predicted octanol–water partition coefficient (Wildman–Crippen LogP) is 6.07. The number of Topliss-reactive ketones (excluding diaryl/α,β-unsaturated/α-hetero) is 1. The van der Waals surface area contributed by atoms with Crippen molar-refractivity contribution in [1.29, 1.82) is 0 Å². The number of benzene rings is 1. The highest BCUT2D eigenvalue weighted by atomic mass is 16.1. The number of fused-ring (bicyclic) bond motifs is 1. The second-order valence-corrected chi connectivity index (χ2v) is 11.1. The zero-order chi connectivity index (χ0) is 25.7. The lowest BCUT2D eigenvalue weighted by Crippen LogP contribution is -2.35. The number of ketones is 1. The molecule has 0 radical (unpaired) electrons. The van der Waals surface area contributed by atoms with Gasteiger partial charge in [0.25, 0.3) is 0 Å². The maximum Gasteiger partial charge on any atom is 0.233 e. The van der Waals surface area contributed by atoms with Gasteiger partial charge in [-0.05, 0) is 55.6 Å². The zero-order valence-corrected chi connectivity index (χ0v) is 22.0. The molecule has 1 unspecified atom stereocenters. The summed E-state index contributed by atoms with van der Waals surface area (Å²) in [4.78, 5) is 40.9. The number of carbonyl (C=O) groups is 2. The molecule has 1 atom stereocenters. The van der Waals surface area contributed by atoms with Gasteiger partial charge in [-0.3, -0.25) is 14.9 Å². The summed E-state index contributed by atoms with van der Waals surface area (Å²) in [6.45, 7) is 3.89. The molecule has 1 saturated carbocycles. The van der Waals surface area contributed by atoms with E-state index < -0.39 is 0 Å². The molecule has 196 valence electrons. The largest absolute Gasteiger partial charge is 0.355 e. The van der Waals surface area contributed by atoms with Crippen molar-refractivity contribution in [2.45, 2.75) is 77.6 Å². The average molecular weight is 502 g/mol. The van der Waals surface area contributed by atoms with Crippen LogP contribution in [0, 0.1) is 11.3 Å². The first-order valence-electron chi connectivity index (χ1n) is 14.0. The Bertz CT molecular complexity index is 1220. The second-order valence-electron chi connectivity index (χ2n) is 11.1. The highest BCUT2D eigenvalue weighted by molar-refractivity contribution is 5.93. The smallest absolute Gasteiger partial charge is 0.233 e. The molecule has 1 aliphatic carbocycles. The molecule has 1 spiro atoms. The van der Waals surface area contributed by atoms with E-state index in [4.69, 9.17) is 4.98 Å². The third kappa shape index (κ3) is 6.38. The van der Waals surface area contributed by atoms with E-state index in [-0.39, 0.29) is 17.2 Å². The first-order valence-corrected chi connectivity index (χ1v) is 14.0. The van der Waals surface area contributed by atoms with E-state index in [1.807, 2.05) is 30.5 Å². The number of carbonyl (C=O) groups excluding carboxylic acids is 2. The van der Waals surface area contributed by atoms with Crippen LogP contribution in [0.5, 0.6) is 0 Å². The fraction of sp³-hybridized carbons (Fsp3) is 0.533. The number of anilines is 2. The zero-order valence-electron chi connectivity index (χ0n) is 22.0. The molecule has 2 aliphatic rings. The van der Waals surface area contributed by atoms with Crippen LogP contribution in [0.3, 0.4) is 0 Å². The molecule has 2 N–H and O–H groups in total. The summed E-state index contributed by atoms with van der Waals surface area (Å²) in [6.07, 6.45) is 12.2. The molecule has 3 aromatic rings. The van der Waals surface area contributed by atoms with E-state index >= 15 is 0 Å². The molecule has 1 amide bonds. The molecular weight excluding hydrogens is 462 g/mol. The summed E-state index contributed by atoms with van der Waals surface area (Å²) in [7, 11) is 0. The van der Waals surface area contributed by atoms with E-state index in [9.17, 15) is 9.59 Å². The van der Waals surface area contributed by atoms with Crippen molar-refractivity contribution >= 4 is 34.5 Å². The van der Waals surface area contributed by atoms with Gasteiger partial charge in [0.05, 0.1) is 5.39 Å². The van der Waals surface area contributed by atoms with Gasteiger partial charge in [0, 0.05) is 38.0 Å². The number of amides is 1. The Kier molecular flexibility index (Phi) is 7.87. The Hall–Kier alpha value is -3.22. The van der Waals surface area contributed by atoms with Crippen molar-refractivity contribution in [2.75, 3.05) is 23.3 Å². The minimum Gasteiger partial charge on any atom is -0.355 e. The molecule has 1 aromatic carbocycles. The van der Waals surface area contributed by atoms with Crippen LogP contribution >= 0.6 is 0 Å². The van der Waals surface area contributed by atoms with Crippen LogP contribution in [0.4, 0.5) is 11.8 Å². The topological polar surface area (TPSA) is 91.0 Å². The van der Waals surface area contributed by atoms with Crippen molar-refractivity contribution in [3.05, 3.63) is 48.2 Å². The molecule has 5 rings (SSSR count). The highest BCUT2D eigenvalue weighted by Crippen LogP contribution is 2.53. The first kappa shape index (κ1) is 25.4. The van der Waals surface area contributed by atoms with Crippen molar-refractivity contribution in [3.8, 4) is 0 Å². The van der Waals surface area contributed by atoms with Crippen LogP contribution in [-0.4, -0.2) is 39.7 Å². The van der Waals surface area contributed by atoms with Crippen molar-refractivity contribution in [2.24, 2.45) is 11.3 Å². The number of unbranched alkanes of at least 4 members (excludes halogenated alkanes) is 1. The molecular formula is C30H39N5O2. The summed E-state index contributed by atoms with van der Waals surface area (Å²) >= 11 is 0. The van der Waals surface area contributed by atoms with Gasteiger partial charge in [-0.1, -0.05) is 56.5 Å². The van der Waals surface area contributed by atoms with Gasteiger partial charge in [-0.2, -0.15) is 9.97 Å². The van der Waals surface area contributed by atoms with Crippen LogP contribution in [0.15, 0.2) is 42.6 Å². The lowest BCUT2D eigenvalue weighted by atomic mass is 9.82. The second kappa shape index (κ2) is 11.4. The molecule has 3 heterocycles. The van der Waals surface area contributed by atoms with E-state index in [1.54, 1.807) is 0 Å². The standard InChI is InChI=1S/C30H39N5O2/c1-2-3-13-26(37)32-29-33-27-24(14-17-31-27)28(34-29)35-18-9-5-8-12-23(20-30(21-35)15-16-30)25(36)19-22-10-6-4-7-11-22/h4,6-7,10-11,14,17,23H,2-3,5,8-9,12-13,15-16,18-21H2,1H3,(H2,31,32,33,34,37). The molecule has 2 aromatic heterocycles. The molecule has 1 saturated heterocycles. The van der Waals surface area contributed by atoms with Crippen LogP contribution in [0.1, 0.15) is 76.7 Å². The van der Waals surface area contributed by atoms with Gasteiger partial charge in [-0.25, -0.2) is 0 Å². The van der Waals surface area contributed by atoms with Crippen molar-refractivity contribution < 1.29 is 9.59 Å². The number of nitrogens with zero attached hydrogens (tertiary/aromatic N) is 3. The number of hydrogen-bond donors (Lipinski definition) is 2. The van der Waals surface area contributed by atoms with Gasteiger partial charge >= 0.3 is 0 Å². The number of H-pyrrole nitrogens is 1. The van der Waals surface area contributed by atoms with Crippen LogP contribution in [-0.2, 0) is 16.0 Å². The van der Waals surface area contributed by atoms with Gasteiger partial charge < -0.3 is 9.88 Å². The van der Waals surface area contributed by atoms with Crippen molar-refractivity contribution in [1.82, 2.24) is 15.0 Å². The Morgan fingerprint density at radius 2 is 1.95 bits per heavy atom. The quantitative estimate of drug-likeness (QED) is 0.391. The Labute approximate surface area is 219 Å². The lowest BCUT2D eigenvalue weighted by molar-refractivity contribution is -0.123. The summed E-state index contributed by atoms with van der Waals surface area (Å²) in [5.74, 6) is 1.71. The number of hydrogen-bond acceptors (Lipinski definition) is 5. The summed E-state index contributed by atoms with van der Waals surface area (Å²) in [5.41, 5.74) is 2.01. The van der Waals surface area contributed by atoms with Crippen LogP contribution in [0.25, 0.3) is 11.0 Å². The fourth-order valence-electron chi connectivity index (χ4n) is 5.73. The van der Waals surface area contributed by atoms with E-state index in [0.29, 0.717) is 24.6 Å². The normalized spacial score (nSPS) is 19.6. The molecule has 7 heteroatoms. The minimum atomic E-state index is -0.0434. The minimum absolute atomic E-state index is 0.0434. The van der Waals surface area contributed by atoms with E-state index in [1.165, 1.54) is 0 Å². The van der Waals surface area contributed by atoms with Gasteiger partial charge in [0.2, 0.25) is 11.9 Å². The van der Waals surface area contributed by atoms with Gasteiger partial charge in [0.15, 0.2) is 0 Å². The predicted molar refractivity (Wildman–Crippen MR) is 148 cm³/mol.